The molecule has 1 aliphatic rings. The molecular formula is C39H55ClN4O6S. The van der Waals surface area contributed by atoms with Crippen LogP contribution in [-0.4, -0.2) is 63.1 Å². The number of imide groups is 1. The fraction of sp³-hybridized carbons (Fsp3) is 0.564. The van der Waals surface area contributed by atoms with Crippen LogP contribution < -0.4 is 20.7 Å². The number of ether oxygens (including phenoxy) is 1. The van der Waals surface area contributed by atoms with Crippen molar-refractivity contribution in [3.05, 3.63) is 52.5 Å². The summed E-state index contributed by atoms with van der Waals surface area (Å²) in [4.78, 5) is 67.3. The number of hydrogen-bond donors (Lipinski definition) is 3. The number of rotatable bonds is 17. The predicted octanol–water partition coefficient (Wildman–Crippen LogP) is 8.25. The first-order valence-corrected chi connectivity index (χ1v) is 19.0. The lowest BCUT2D eigenvalue weighted by Gasteiger charge is -2.31. The van der Waals surface area contributed by atoms with Crippen molar-refractivity contribution < 1.29 is 28.7 Å². The van der Waals surface area contributed by atoms with Gasteiger partial charge in [0.1, 0.15) is 11.3 Å². The van der Waals surface area contributed by atoms with Gasteiger partial charge in [-0.3, -0.25) is 19.2 Å². The summed E-state index contributed by atoms with van der Waals surface area (Å²) in [6.07, 6.45) is 2.61. The summed E-state index contributed by atoms with van der Waals surface area (Å²) in [7, 11) is 0. The van der Waals surface area contributed by atoms with Gasteiger partial charge in [0, 0.05) is 17.7 Å². The van der Waals surface area contributed by atoms with Crippen LogP contribution in [0.3, 0.4) is 0 Å². The third-order valence-electron chi connectivity index (χ3n) is 9.82. The van der Waals surface area contributed by atoms with Crippen LogP contribution in [0.2, 0.25) is 5.02 Å². The number of nitrogens with zero attached hydrogens (tertiary/aromatic N) is 1. The van der Waals surface area contributed by atoms with Crippen molar-refractivity contribution in [1.29, 1.82) is 0 Å². The van der Waals surface area contributed by atoms with Crippen LogP contribution in [0.25, 0.3) is 0 Å². The summed E-state index contributed by atoms with van der Waals surface area (Å²) in [6, 6.07) is 8.39. The molecule has 5 amide bonds. The summed E-state index contributed by atoms with van der Waals surface area (Å²) in [5.41, 5.74) is 1.56. The Balaban J connectivity index is 1.72. The molecular weight excluding hydrogens is 688 g/mol. The van der Waals surface area contributed by atoms with Gasteiger partial charge in [-0.1, -0.05) is 72.2 Å². The maximum atomic E-state index is 13.8. The van der Waals surface area contributed by atoms with Crippen molar-refractivity contribution in [2.45, 2.75) is 129 Å². The molecule has 1 heterocycles. The molecule has 2 aromatic carbocycles. The van der Waals surface area contributed by atoms with E-state index in [1.54, 1.807) is 19.9 Å². The van der Waals surface area contributed by atoms with Crippen molar-refractivity contribution in [1.82, 2.24) is 10.2 Å². The maximum Gasteiger partial charge on any atom is 0.326 e. The summed E-state index contributed by atoms with van der Waals surface area (Å²) in [5.74, 6) is -1.08. The second-order valence-electron chi connectivity index (χ2n) is 15.3. The number of urea groups is 1. The number of thioether (sulfide) groups is 1. The maximum absolute atomic E-state index is 13.8. The molecule has 3 rings (SSSR count). The SMILES string of the molecule is CCSC(C)(C)C(=O)C(C(=O)Nc1cc(NC(=O)CCCOc2ccc(C(C)(C)CC)cc2C(C)(C)CC)ccc1Cl)N1C(=O)NC(C)(C)C1=O. The molecule has 3 N–H and O–H groups in total. The van der Waals surface area contributed by atoms with Crippen LogP contribution in [-0.2, 0) is 30.0 Å². The summed E-state index contributed by atoms with van der Waals surface area (Å²) < 4.78 is 5.14. The molecule has 0 aromatic heterocycles. The van der Waals surface area contributed by atoms with Gasteiger partial charge in [0.2, 0.25) is 5.91 Å². The van der Waals surface area contributed by atoms with Gasteiger partial charge in [-0.25, -0.2) is 9.69 Å². The molecule has 1 atom stereocenters. The molecule has 0 saturated carbocycles. The van der Waals surface area contributed by atoms with E-state index in [1.807, 2.05) is 13.0 Å². The first kappa shape index (κ1) is 41.8. The Labute approximate surface area is 312 Å². The van der Waals surface area contributed by atoms with Crippen LogP contribution in [0.1, 0.15) is 113 Å². The lowest BCUT2D eigenvalue weighted by molar-refractivity contribution is -0.142. The molecule has 10 nitrogen and oxygen atoms in total. The molecule has 0 spiro atoms. The third-order valence-corrected chi connectivity index (χ3v) is 11.4. The van der Waals surface area contributed by atoms with E-state index in [4.69, 9.17) is 16.3 Å². The Morgan fingerprint density at radius 3 is 2.16 bits per heavy atom. The lowest BCUT2D eigenvalue weighted by Crippen LogP contribution is -2.57. The van der Waals surface area contributed by atoms with E-state index in [0.29, 0.717) is 29.4 Å². The van der Waals surface area contributed by atoms with Gasteiger partial charge in [0.25, 0.3) is 11.8 Å². The Morgan fingerprint density at radius 1 is 0.941 bits per heavy atom. The average molecular weight is 743 g/mol. The number of ketones is 1. The van der Waals surface area contributed by atoms with Crippen molar-refractivity contribution in [3.8, 4) is 5.75 Å². The zero-order valence-electron chi connectivity index (χ0n) is 32.0. The number of halogens is 1. The highest BCUT2D eigenvalue weighted by Crippen LogP contribution is 2.39. The lowest BCUT2D eigenvalue weighted by atomic mass is 9.76. The van der Waals surface area contributed by atoms with E-state index in [2.05, 4.69) is 69.6 Å². The number of carbonyl (C=O) groups excluding carboxylic acids is 5. The van der Waals surface area contributed by atoms with Gasteiger partial charge < -0.3 is 20.7 Å². The second kappa shape index (κ2) is 16.4. The number of anilines is 2. The number of carbonyl (C=O) groups is 5. The molecule has 0 bridgehead atoms. The quantitative estimate of drug-likeness (QED) is 0.0845. The van der Waals surface area contributed by atoms with Crippen LogP contribution in [0.15, 0.2) is 36.4 Å². The molecule has 1 fully saturated rings. The van der Waals surface area contributed by atoms with Gasteiger partial charge in [0.05, 0.1) is 22.1 Å². The van der Waals surface area contributed by atoms with Crippen molar-refractivity contribution in [2.75, 3.05) is 23.0 Å². The van der Waals surface area contributed by atoms with E-state index >= 15 is 0 Å². The minimum Gasteiger partial charge on any atom is -0.493 e. The van der Waals surface area contributed by atoms with Gasteiger partial charge in [-0.2, -0.15) is 0 Å². The summed E-state index contributed by atoms with van der Waals surface area (Å²) in [5, 5.41) is 8.13. The third kappa shape index (κ3) is 9.86. The van der Waals surface area contributed by atoms with Crippen molar-refractivity contribution in [2.24, 2.45) is 0 Å². The normalized spacial score (nSPS) is 15.3. The zero-order valence-corrected chi connectivity index (χ0v) is 33.5. The number of Topliss-reactive ketones (excluding diaryl/α,β-unsaturated/α-hetero) is 1. The number of amides is 5. The van der Waals surface area contributed by atoms with E-state index in [-0.39, 0.29) is 33.9 Å². The molecule has 12 heteroatoms. The second-order valence-corrected chi connectivity index (χ2v) is 17.6. The Hall–Kier alpha value is -3.57. The van der Waals surface area contributed by atoms with Crippen molar-refractivity contribution in [3.63, 3.8) is 0 Å². The monoisotopic (exact) mass is 742 g/mol. The van der Waals surface area contributed by atoms with E-state index in [1.165, 1.54) is 43.3 Å². The Kier molecular flexibility index (Phi) is 13.5. The van der Waals surface area contributed by atoms with Crippen LogP contribution in [0.5, 0.6) is 5.75 Å². The van der Waals surface area contributed by atoms with Crippen LogP contribution in [0, 0.1) is 0 Å². The summed E-state index contributed by atoms with van der Waals surface area (Å²) in [6.45, 7) is 21.8. The topological polar surface area (TPSA) is 134 Å². The van der Waals surface area contributed by atoms with E-state index in [9.17, 15) is 24.0 Å². The molecule has 1 unspecified atom stereocenters. The largest absolute Gasteiger partial charge is 0.493 e. The molecule has 0 radical (unpaired) electrons. The number of nitrogens with one attached hydrogen (secondary N) is 3. The Bertz CT molecular complexity index is 1650. The first-order chi connectivity index (χ1) is 23.6. The predicted molar refractivity (Wildman–Crippen MR) is 207 cm³/mol. The molecule has 2 aromatic rings. The Morgan fingerprint density at radius 2 is 1.59 bits per heavy atom. The minimum atomic E-state index is -1.75. The van der Waals surface area contributed by atoms with Gasteiger partial charge in [-0.15, -0.1) is 11.8 Å². The van der Waals surface area contributed by atoms with E-state index in [0.717, 1.165) is 24.2 Å². The highest BCUT2D eigenvalue weighted by atomic mass is 35.5. The van der Waals surface area contributed by atoms with Gasteiger partial charge >= 0.3 is 6.03 Å². The summed E-state index contributed by atoms with van der Waals surface area (Å²) >= 11 is 7.73. The standard InChI is InChI=1S/C39H55ClN4O6S/c1-12-36(4,5)24-17-20-29(26(22-24)37(6,7)13-2)50-21-15-16-30(45)41-25-18-19-27(40)28(23-25)42-33(47)31(32(46)39(10,11)51-14-3)44-34(48)38(8,9)43-35(44)49/h17-20,22-23,31H,12-16,21H2,1-11H3,(H,41,45)(H,42,47)(H,43,49). The first-order valence-electron chi connectivity index (χ1n) is 17.6. The fourth-order valence-corrected chi connectivity index (χ4v) is 6.80. The molecule has 280 valence electrons. The highest BCUT2D eigenvalue weighted by Gasteiger charge is 2.53. The zero-order chi connectivity index (χ0) is 38.5. The van der Waals surface area contributed by atoms with Crippen LogP contribution >= 0.6 is 23.4 Å². The smallest absolute Gasteiger partial charge is 0.326 e. The highest BCUT2D eigenvalue weighted by molar-refractivity contribution is 8.01. The van der Waals surface area contributed by atoms with E-state index < -0.39 is 40.0 Å². The van der Waals surface area contributed by atoms with Crippen LogP contribution in [0.4, 0.5) is 16.2 Å². The fourth-order valence-electron chi connectivity index (χ4n) is 5.66. The molecule has 1 saturated heterocycles. The molecule has 51 heavy (non-hydrogen) atoms. The minimum absolute atomic E-state index is 0.0457. The molecule has 1 aliphatic heterocycles. The number of benzene rings is 2. The number of hydrogen-bond acceptors (Lipinski definition) is 7. The molecule has 0 aliphatic carbocycles. The average Bonchev–Trinajstić information content (AvgIpc) is 3.26. The van der Waals surface area contributed by atoms with Gasteiger partial charge in [-0.05, 0) is 93.4 Å². The van der Waals surface area contributed by atoms with Crippen molar-refractivity contribution >= 4 is 64.3 Å². The van der Waals surface area contributed by atoms with Gasteiger partial charge in [0.15, 0.2) is 11.8 Å².